The minimum Gasteiger partial charge on any atom is -0.462 e. The average Bonchev–Trinajstić information content (AvgIpc) is 2.80. The quantitative estimate of drug-likeness (QED) is 0.161. The van der Waals surface area contributed by atoms with E-state index >= 15 is 0 Å². The van der Waals surface area contributed by atoms with Crippen molar-refractivity contribution in [2.45, 2.75) is 61.4 Å². The molecule has 10 atom stereocenters. The monoisotopic (exact) mass is 475 g/mol. The van der Waals surface area contributed by atoms with Crippen LogP contribution in [-0.2, 0) is 14.2 Å². The van der Waals surface area contributed by atoms with Gasteiger partial charge in [-0.05, 0) is 36.5 Å². The molecule has 0 spiro atoms. The maximum Gasteiger partial charge on any atom is 0.229 e. The van der Waals surface area contributed by atoms with Gasteiger partial charge in [0.15, 0.2) is 6.29 Å². The predicted octanol–water partition coefficient (Wildman–Crippen LogP) is -2.58. The van der Waals surface area contributed by atoms with Crippen molar-refractivity contribution in [2.75, 3.05) is 13.2 Å². The summed E-state index contributed by atoms with van der Waals surface area (Å²) in [5.74, 6) is 0.273. The van der Waals surface area contributed by atoms with Gasteiger partial charge in [-0.1, -0.05) is 0 Å². The van der Waals surface area contributed by atoms with Crippen molar-refractivity contribution in [1.82, 2.24) is 0 Å². The lowest BCUT2D eigenvalue weighted by Gasteiger charge is -2.45. The first kappa shape index (κ1) is 25.1. The van der Waals surface area contributed by atoms with E-state index in [9.17, 15) is 35.7 Å². The van der Waals surface area contributed by atoms with E-state index in [1.165, 1.54) is 12.1 Å². The fraction of sp³-hybridized carbons (Fsp3) is 0.632. The molecular formula is C19H25NO11S. The Labute approximate surface area is 187 Å². The summed E-state index contributed by atoms with van der Waals surface area (Å²) in [5.41, 5.74) is 0.527. The molecule has 0 aliphatic carbocycles. The highest BCUT2D eigenvalue weighted by Gasteiger charge is 2.51. The Morgan fingerprint density at radius 2 is 1.41 bits per heavy atom. The molecule has 0 aromatic heterocycles. The van der Waals surface area contributed by atoms with Crippen molar-refractivity contribution in [1.29, 1.82) is 0 Å². The Kier molecular flexibility index (Phi) is 8.63. The topological polar surface area (TPSA) is 191 Å². The maximum atomic E-state index is 10.6. The van der Waals surface area contributed by atoms with E-state index in [1.54, 1.807) is 12.1 Å². The highest BCUT2D eigenvalue weighted by Crippen LogP contribution is 2.30. The Bertz CT molecular complexity index is 788. The Morgan fingerprint density at radius 3 is 2.00 bits per heavy atom. The minimum atomic E-state index is -1.74. The third kappa shape index (κ3) is 5.31. The maximum absolute atomic E-state index is 10.6. The van der Waals surface area contributed by atoms with Gasteiger partial charge in [0, 0.05) is 0 Å². The van der Waals surface area contributed by atoms with E-state index in [0.29, 0.717) is 5.69 Å². The molecule has 3 rings (SSSR count). The number of ether oxygens (including phenoxy) is 4. The fourth-order valence-electron chi connectivity index (χ4n) is 3.44. The lowest BCUT2D eigenvalue weighted by atomic mass is 9.97. The lowest BCUT2D eigenvalue weighted by Crippen LogP contribution is -2.65. The Morgan fingerprint density at radius 1 is 0.812 bits per heavy atom. The van der Waals surface area contributed by atoms with Gasteiger partial charge in [0.25, 0.3) is 0 Å². The standard InChI is InChI=1S/C19H25NO11S/c21-5-10-12(23)13(24)15(26)19(29-10)31-17-11(6-22)30-18(16(27)14(17)25)28-9-3-1-8(2-4-9)20-7-32/h1-4,10-19,21-27H,5-6H2/t10-,11-,12+,13+,14-,15-,16-,17-,18-,19+/m1/s1. The summed E-state index contributed by atoms with van der Waals surface area (Å²) in [4.78, 5) is 3.80. The molecule has 178 valence electrons. The van der Waals surface area contributed by atoms with Crippen LogP contribution in [0.25, 0.3) is 0 Å². The summed E-state index contributed by atoms with van der Waals surface area (Å²) in [6.45, 7) is -1.33. The first-order valence-electron chi connectivity index (χ1n) is 9.73. The molecule has 2 fully saturated rings. The van der Waals surface area contributed by atoms with Gasteiger partial charge < -0.3 is 54.7 Å². The van der Waals surface area contributed by atoms with Gasteiger partial charge in [-0.25, -0.2) is 0 Å². The molecule has 2 aliphatic heterocycles. The van der Waals surface area contributed by atoms with Gasteiger partial charge in [-0.2, -0.15) is 4.99 Å². The molecule has 2 saturated heterocycles. The first-order chi connectivity index (χ1) is 15.3. The summed E-state index contributed by atoms with van der Waals surface area (Å²) in [6, 6.07) is 6.21. The van der Waals surface area contributed by atoms with E-state index < -0.39 is 74.6 Å². The van der Waals surface area contributed by atoms with Crippen LogP contribution in [0.3, 0.4) is 0 Å². The van der Waals surface area contributed by atoms with Gasteiger partial charge in [-0.3, -0.25) is 0 Å². The molecule has 7 N–H and O–H groups in total. The molecule has 0 amide bonds. The zero-order chi connectivity index (χ0) is 23.4. The number of benzene rings is 1. The van der Waals surface area contributed by atoms with Gasteiger partial charge in [0.05, 0.1) is 24.1 Å². The highest BCUT2D eigenvalue weighted by molar-refractivity contribution is 7.78. The van der Waals surface area contributed by atoms with Gasteiger partial charge in [0.2, 0.25) is 6.29 Å². The molecule has 0 saturated carbocycles. The number of hydrogen-bond donors (Lipinski definition) is 7. The lowest BCUT2D eigenvalue weighted by molar-refractivity contribution is -0.352. The van der Waals surface area contributed by atoms with Crippen molar-refractivity contribution in [3.63, 3.8) is 0 Å². The summed E-state index contributed by atoms with van der Waals surface area (Å²) < 4.78 is 21.8. The van der Waals surface area contributed by atoms with E-state index in [0.717, 1.165) is 0 Å². The van der Waals surface area contributed by atoms with Crippen LogP contribution in [0.2, 0.25) is 0 Å². The van der Waals surface area contributed by atoms with E-state index in [4.69, 9.17) is 18.9 Å². The van der Waals surface area contributed by atoms with Gasteiger partial charge >= 0.3 is 0 Å². The average molecular weight is 475 g/mol. The molecule has 0 radical (unpaired) electrons. The van der Waals surface area contributed by atoms with Crippen LogP contribution < -0.4 is 4.74 Å². The van der Waals surface area contributed by atoms with E-state index in [1.807, 2.05) is 0 Å². The molecule has 0 unspecified atom stereocenters. The fourth-order valence-corrected chi connectivity index (χ4v) is 3.54. The van der Waals surface area contributed by atoms with Crippen LogP contribution in [0, 0.1) is 0 Å². The summed E-state index contributed by atoms with van der Waals surface area (Å²) in [5, 5.41) is 72.2. The second-order valence-electron chi connectivity index (χ2n) is 7.32. The van der Waals surface area contributed by atoms with Crippen LogP contribution in [0.1, 0.15) is 0 Å². The molecule has 1 aromatic rings. The van der Waals surface area contributed by atoms with Gasteiger partial charge in [0.1, 0.15) is 54.6 Å². The number of thiocarbonyl (C=S) groups is 1. The number of rotatable bonds is 7. The number of aliphatic hydroxyl groups excluding tert-OH is 7. The minimum absolute atomic E-state index is 0.273. The SMILES string of the molecule is OC[C@H]1O[C@@H](O[C@H]2[C@H](O)[C@@H](O)[C@H](Oc3ccc(N=C=S)cc3)O[C@@H]2CO)[C@H](O)[C@@H](O)[C@H]1O. The Hall–Kier alpha value is -1.58. The van der Waals surface area contributed by atoms with Crippen molar-refractivity contribution in [3.8, 4) is 5.75 Å². The van der Waals surface area contributed by atoms with E-state index in [-0.39, 0.29) is 5.75 Å². The number of hydrogen-bond acceptors (Lipinski definition) is 13. The number of isothiocyanates is 1. The van der Waals surface area contributed by atoms with E-state index in [2.05, 4.69) is 22.4 Å². The third-order valence-corrected chi connectivity index (χ3v) is 5.32. The van der Waals surface area contributed by atoms with Crippen molar-refractivity contribution >= 4 is 23.1 Å². The highest BCUT2D eigenvalue weighted by atomic mass is 32.1. The van der Waals surface area contributed by atoms with Crippen molar-refractivity contribution < 1.29 is 54.7 Å². The normalized spacial score (nSPS) is 39.8. The smallest absolute Gasteiger partial charge is 0.229 e. The zero-order valence-electron chi connectivity index (χ0n) is 16.6. The first-order valence-corrected chi connectivity index (χ1v) is 10.1. The summed E-state index contributed by atoms with van der Waals surface area (Å²) in [7, 11) is 0. The predicted molar refractivity (Wildman–Crippen MR) is 108 cm³/mol. The van der Waals surface area contributed by atoms with Crippen molar-refractivity contribution in [3.05, 3.63) is 24.3 Å². The van der Waals surface area contributed by atoms with Gasteiger partial charge in [-0.15, -0.1) is 0 Å². The molecule has 13 heteroatoms. The number of aliphatic imine (C=N–C) groups is 1. The molecule has 2 aliphatic rings. The van der Waals surface area contributed by atoms with Crippen LogP contribution in [0.5, 0.6) is 5.75 Å². The van der Waals surface area contributed by atoms with Crippen LogP contribution in [-0.4, -0.2) is 116 Å². The molecule has 0 bridgehead atoms. The largest absolute Gasteiger partial charge is 0.462 e. The second kappa shape index (κ2) is 11.0. The molecule has 12 nitrogen and oxygen atoms in total. The zero-order valence-corrected chi connectivity index (χ0v) is 17.4. The number of nitrogens with zero attached hydrogens (tertiary/aromatic N) is 1. The molecular weight excluding hydrogens is 450 g/mol. The Balaban J connectivity index is 1.70. The summed E-state index contributed by atoms with van der Waals surface area (Å²) >= 11 is 4.53. The van der Waals surface area contributed by atoms with Crippen molar-refractivity contribution in [2.24, 2.45) is 4.99 Å². The summed E-state index contributed by atoms with van der Waals surface area (Å²) in [6.07, 6.45) is -15.2. The molecule has 32 heavy (non-hydrogen) atoms. The third-order valence-electron chi connectivity index (χ3n) is 5.22. The van der Waals surface area contributed by atoms with Crippen LogP contribution in [0.4, 0.5) is 5.69 Å². The van der Waals surface area contributed by atoms with Crippen LogP contribution >= 0.6 is 12.2 Å². The van der Waals surface area contributed by atoms with Crippen LogP contribution in [0.15, 0.2) is 29.3 Å². The second-order valence-corrected chi connectivity index (χ2v) is 7.50. The number of aliphatic hydroxyl groups is 7. The molecule has 2 heterocycles. The molecule has 1 aromatic carbocycles.